The molecule has 3 aromatic rings. The van der Waals surface area contributed by atoms with Gasteiger partial charge in [0.2, 0.25) is 47.6 Å². The fourth-order valence-electron chi connectivity index (χ4n) is 16.7. The maximum Gasteiger partial charge on any atom is 0.234 e. The van der Waals surface area contributed by atoms with Crippen LogP contribution >= 0.6 is 0 Å². The van der Waals surface area contributed by atoms with E-state index in [4.69, 9.17) is 44.9 Å². The quantitative estimate of drug-likeness (QED) is 0.0555. The second-order valence-electron chi connectivity index (χ2n) is 34.0. The largest absolute Gasteiger partial charge is 0.341 e. The Morgan fingerprint density at radius 2 is 0.522 bits per heavy atom. The SMILES string of the molecule is C.C.C.Cc1nc(NCN(C)CN(CNc2nc(N(C)C3CC(C)(C)NC(C)(C)C3)nc(N(C)C3CC(C)(C)NC(C)(C)C3)n2)c2nc(N(C)C3CC(C)(C)NC(C)(C)C3)nc(N(C)C3CC(C)(C)NC(C)(C)C3)n2)nc(N(C)C2CC(C)(C)NC(C)(C)C2)n1. The van der Waals surface area contributed by atoms with Gasteiger partial charge in [-0.3, -0.25) is 4.90 Å². The highest BCUT2D eigenvalue weighted by Gasteiger charge is 2.46. The number of nitrogens with zero attached hydrogens (tertiary/aromatic N) is 16. The average Bonchev–Trinajstić information content (AvgIpc) is 0.808. The molecule has 0 unspecified atom stereocenters. The van der Waals surface area contributed by atoms with E-state index in [0.29, 0.717) is 66.7 Å². The molecule has 5 aliphatic heterocycles. The van der Waals surface area contributed by atoms with E-state index >= 15 is 0 Å². The normalized spacial score (nSPS) is 23.2. The second-order valence-corrected chi connectivity index (χ2v) is 34.0. The Bertz CT molecular complexity index is 2660. The Balaban J connectivity index is 0.00000491. The van der Waals surface area contributed by atoms with Gasteiger partial charge in [0.25, 0.3) is 0 Å². The zero-order chi connectivity index (χ0) is 64.6. The van der Waals surface area contributed by atoms with Gasteiger partial charge in [-0.25, -0.2) is 0 Å². The molecule has 0 radical (unpaired) electrons. The van der Waals surface area contributed by atoms with Gasteiger partial charge in [0.05, 0.1) is 20.0 Å². The first kappa shape index (κ1) is 75.9. The van der Waals surface area contributed by atoms with Crippen molar-refractivity contribution in [3.05, 3.63) is 5.82 Å². The molecule has 0 amide bonds. The summed E-state index contributed by atoms with van der Waals surface area (Å²) in [6, 6.07) is 0.909. The fourth-order valence-corrected chi connectivity index (χ4v) is 16.7. The molecule has 8 rings (SSSR count). The first-order valence-corrected chi connectivity index (χ1v) is 32.4. The topological polar surface area (TPSA) is 223 Å². The first-order chi connectivity index (χ1) is 39.7. The highest BCUT2D eigenvalue weighted by molar-refractivity contribution is 5.51. The Labute approximate surface area is 547 Å². The van der Waals surface area contributed by atoms with Gasteiger partial charge in [0, 0.05) is 121 Å². The van der Waals surface area contributed by atoms with Crippen molar-refractivity contribution in [2.75, 3.05) is 102 Å². The summed E-state index contributed by atoms with van der Waals surface area (Å²) in [5.41, 5.74) is -0.839. The molecule has 23 heteroatoms. The second kappa shape index (κ2) is 26.9. The Kier molecular flexibility index (Phi) is 22.7. The number of aromatic nitrogens is 9. The number of nitrogens with one attached hydrogen (secondary N) is 7. The van der Waals surface area contributed by atoms with Crippen LogP contribution in [0.15, 0.2) is 0 Å². The van der Waals surface area contributed by atoms with Crippen LogP contribution in [-0.2, 0) is 0 Å². The van der Waals surface area contributed by atoms with Crippen molar-refractivity contribution in [3.63, 3.8) is 0 Å². The van der Waals surface area contributed by atoms with E-state index in [1.807, 2.05) is 6.92 Å². The molecule has 8 heterocycles. The minimum Gasteiger partial charge on any atom is -0.341 e. The summed E-state index contributed by atoms with van der Waals surface area (Å²) in [5.74, 6) is 5.35. The molecule has 0 spiro atoms. The molecule has 0 atom stereocenters. The van der Waals surface area contributed by atoms with Crippen molar-refractivity contribution in [2.45, 2.75) is 317 Å². The predicted molar refractivity (Wildman–Crippen MR) is 380 cm³/mol. The Morgan fingerprint density at radius 3 is 0.789 bits per heavy atom. The third-order valence-electron chi connectivity index (χ3n) is 18.7. The van der Waals surface area contributed by atoms with E-state index in [1.54, 1.807) is 0 Å². The maximum absolute atomic E-state index is 5.51. The van der Waals surface area contributed by atoms with E-state index in [9.17, 15) is 0 Å². The smallest absolute Gasteiger partial charge is 0.234 e. The number of anilines is 8. The molecule has 0 saturated carbocycles. The lowest BCUT2D eigenvalue weighted by atomic mass is 9.79. The fraction of sp³-hybridized carbons (Fsp3) is 0.866. The minimum absolute atomic E-state index is 0. The van der Waals surface area contributed by atoms with Gasteiger partial charge < -0.3 is 66.6 Å². The summed E-state index contributed by atoms with van der Waals surface area (Å²) in [5, 5.41) is 26.8. The summed E-state index contributed by atoms with van der Waals surface area (Å²) in [6.45, 7) is 48.8. The van der Waals surface area contributed by atoms with Gasteiger partial charge in [-0.2, -0.15) is 44.9 Å². The van der Waals surface area contributed by atoms with Crippen LogP contribution in [0.5, 0.6) is 0 Å². The molecule has 0 aliphatic carbocycles. The lowest BCUT2D eigenvalue weighted by molar-refractivity contribution is 0.159. The van der Waals surface area contributed by atoms with Gasteiger partial charge >= 0.3 is 0 Å². The van der Waals surface area contributed by atoms with Crippen molar-refractivity contribution in [3.8, 4) is 0 Å². The minimum atomic E-state index is -0.104. The van der Waals surface area contributed by atoms with Gasteiger partial charge in [0.1, 0.15) is 5.82 Å². The summed E-state index contributed by atoms with van der Waals surface area (Å²) in [4.78, 5) is 63.0. The molecular weight excluding hydrogens is 1130 g/mol. The molecule has 514 valence electrons. The summed E-state index contributed by atoms with van der Waals surface area (Å²) >= 11 is 0. The molecule has 5 aliphatic rings. The zero-order valence-electron chi connectivity index (χ0n) is 59.2. The van der Waals surface area contributed by atoms with Crippen molar-refractivity contribution in [1.82, 2.24) is 76.3 Å². The Hall–Kier alpha value is -4.81. The molecule has 0 bridgehead atoms. The lowest BCUT2D eigenvalue weighted by Gasteiger charge is -2.49. The number of hydrogen-bond acceptors (Lipinski definition) is 23. The van der Waals surface area contributed by atoms with Crippen LogP contribution in [-0.4, -0.2) is 198 Å². The molecule has 5 fully saturated rings. The monoisotopic (exact) mass is 1260 g/mol. The summed E-state index contributed by atoms with van der Waals surface area (Å²) in [7, 11) is 12.8. The molecule has 0 aromatic carbocycles. The molecule has 5 saturated heterocycles. The van der Waals surface area contributed by atoms with Gasteiger partial charge in [-0.05, 0) is 217 Å². The zero-order valence-corrected chi connectivity index (χ0v) is 59.2. The van der Waals surface area contributed by atoms with Crippen molar-refractivity contribution in [1.29, 1.82) is 0 Å². The third-order valence-corrected chi connectivity index (χ3v) is 18.7. The van der Waals surface area contributed by atoms with E-state index in [0.717, 1.165) is 64.2 Å². The maximum atomic E-state index is 5.51. The number of piperidine rings is 5. The number of hydrogen-bond donors (Lipinski definition) is 7. The van der Waals surface area contributed by atoms with E-state index in [2.05, 4.69) is 252 Å². The van der Waals surface area contributed by atoms with E-state index in [1.165, 1.54) is 0 Å². The lowest BCUT2D eigenvalue weighted by Crippen LogP contribution is -2.62. The molecule has 90 heavy (non-hydrogen) atoms. The summed E-state index contributed by atoms with van der Waals surface area (Å²) in [6.07, 6.45) is 9.33. The number of rotatable bonds is 19. The number of aryl methyl sites for hydroxylation is 1. The molecular formula is C67H131N23. The summed E-state index contributed by atoms with van der Waals surface area (Å²) < 4.78 is 0. The predicted octanol–water partition coefficient (Wildman–Crippen LogP) is 10.0. The highest BCUT2D eigenvalue weighted by atomic mass is 15.5. The van der Waals surface area contributed by atoms with Crippen LogP contribution in [0.3, 0.4) is 0 Å². The van der Waals surface area contributed by atoms with Crippen molar-refractivity contribution < 1.29 is 0 Å². The van der Waals surface area contributed by atoms with Crippen LogP contribution in [0, 0.1) is 6.92 Å². The molecule has 7 N–H and O–H groups in total. The average molecular weight is 1260 g/mol. The Morgan fingerprint density at radius 1 is 0.311 bits per heavy atom. The standard InChI is InChI=1S/C64H119N23.3CH4/c1-41-67-47(69-49(68-41)82(23)42-28-55(2,3)76-56(4,5)29-42)65-38-81(22)40-87(54-74-52(85(26)45-34-61(14,15)79-62(16,17)35-45)73-53(75-54)86(27)46-36-63(18,19)80-64(20,21)37-46)39-66-48-70-50(83(24)43-30-57(6,7)77-58(8,9)31-43)72-51(71-48)84(25)44-32-59(10,11)78-60(12,13)33-44;;;/h42-46,76-80H,28-40H2,1-27H3,(H,65,67,68,69)(H,66,70,71,72);3*1H4. The van der Waals surface area contributed by atoms with Crippen molar-refractivity contribution in [2.24, 2.45) is 0 Å². The van der Waals surface area contributed by atoms with E-state index < -0.39 is 0 Å². The van der Waals surface area contributed by atoms with Crippen LogP contribution < -0.4 is 66.6 Å². The van der Waals surface area contributed by atoms with Crippen molar-refractivity contribution >= 4 is 47.6 Å². The van der Waals surface area contributed by atoms with Gasteiger partial charge in [0.15, 0.2) is 0 Å². The first-order valence-electron chi connectivity index (χ1n) is 32.4. The molecule has 23 nitrogen and oxygen atoms in total. The van der Waals surface area contributed by atoms with Crippen LogP contribution in [0.1, 0.15) is 231 Å². The van der Waals surface area contributed by atoms with Gasteiger partial charge in [-0.1, -0.05) is 22.3 Å². The van der Waals surface area contributed by atoms with E-state index in [-0.39, 0.29) is 115 Å². The van der Waals surface area contributed by atoms with Crippen LogP contribution in [0.2, 0.25) is 0 Å². The third kappa shape index (κ3) is 19.6. The van der Waals surface area contributed by atoms with Gasteiger partial charge in [-0.15, -0.1) is 0 Å². The van der Waals surface area contributed by atoms with Crippen LogP contribution in [0.25, 0.3) is 0 Å². The highest BCUT2D eigenvalue weighted by Crippen LogP contribution is 2.39. The molecule has 3 aromatic heterocycles. The van der Waals surface area contributed by atoms with Crippen LogP contribution in [0.4, 0.5) is 47.6 Å².